The molecule has 0 amide bonds. The molecule has 18 heavy (non-hydrogen) atoms. The number of thiophene rings is 1. The van der Waals surface area contributed by atoms with Gasteiger partial charge < -0.3 is 10.5 Å². The average Bonchev–Trinajstić information content (AvgIpc) is 2.77. The first-order valence-electron chi connectivity index (χ1n) is 5.84. The standard InChI is InChI=1S/C11H18N2O3S2/c1-16-11(4-2-5-11)8-13-18(14,15)10-3-6-17-9(10)7-12/h3,6,13H,2,4-5,7-8,12H2,1H3. The minimum atomic E-state index is -3.48. The second kappa shape index (κ2) is 5.26. The minimum absolute atomic E-state index is 0.239. The molecule has 7 heteroatoms. The number of hydrogen-bond donors (Lipinski definition) is 2. The first kappa shape index (κ1) is 14.0. The summed E-state index contributed by atoms with van der Waals surface area (Å²) in [4.78, 5) is 0.975. The Morgan fingerprint density at radius 3 is 2.78 bits per heavy atom. The summed E-state index contributed by atoms with van der Waals surface area (Å²) in [6.07, 6.45) is 2.89. The molecule has 1 saturated carbocycles. The van der Waals surface area contributed by atoms with Crippen molar-refractivity contribution in [2.45, 2.75) is 36.3 Å². The fourth-order valence-electron chi connectivity index (χ4n) is 2.05. The number of rotatable bonds is 6. The number of sulfonamides is 1. The lowest BCUT2D eigenvalue weighted by Gasteiger charge is -2.40. The first-order chi connectivity index (χ1) is 8.53. The van der Waals surface area contributed by atoms with Gasteiger partial charge in [0, 0.05) is 25.1 Å². The molecule has 2 rings (SSSR count). The highest BCUT2D eigenvalue weighted by Gasteiger charge is 2.38. The van der Waals surface area contributed by atoms with Gasteiger partial charge in [-0.1, -0.05) is 0 Å². The van der Waals surface area contributed by atoms with Gasteiger partial charge in [0.25, 0.3) is 0 Å². The van der Waals surface area contributed by atoms with Gasteiger partial charge in [-0.15, -0.1) is 11.3 Å². The summed E-state index contributed by atoms with van der Waals surface area (Å²) < 4.78 is 32.3. The molecule has 0 atom stereocenters. The molecule has 0 aromatic carbocycles. The molecule has 5 nitrogen and oxygen atoms in total. The predicted octanol–water partition coefficient (Wildman–Crippen LogP) is 1.05. The molecule has 0 saturated heterocycles. The van der Waals surface area contributed by atoms with E-state index in [1.165, 1.54) is 11.3 Å². The van der Waals surface area contributed by atoms with Crippen molar-refractivity contribution in [3.05, 3.63) is 16.3 Å². The molecule has 0 aliphatic heterocycles. The monoisotopic (exact) mass is 290 g/mol. The Balaban J connectivity index is 2.08. The summed E-state index contributed by atoms with van der Waals surface area (Å²) in [5, 5.41) is 1.74. The van der Waals surface area contributed by atoms with Crippen LogP contribution in [0.3, 0.4) is 0 Å². The fraction of sp³-hybridized carbons (Fsp3) is 0.636. The van der Waals surface area contributed by atoms with E-state index in [2.05, 4.69) is 4.72 Å². The van der Waals surface area contributed by atoms with E-state index in [0.717, 1.165) is 19.3 Å². The fourth-order valence-corrected chi connectivity index (χ4v) is 4.49. The molecular weight excluding hydrogens is 272 g/mol. The second-order valence-corrected chi connectivity index (χ2v) is 7.21. The van der Waals surface area contributed by atoms with Crippen molar-refractivity contribution in [3.63, 3.8) is 0 Å². The first-order valence-corrected chi connectivity index (χ1v) is 8.20. The molecular formula is C11H18N2O3S2. The number of nitrogens with two attached hydrogens (primary N) is 1. The van der Waals surface area contributed by atoms with Crippen molar-refractivity contribution in [2.75, 3.05) is 13.7 Å². The normalized spacial score (nSPS) is 18.6. The Morgan fingerprint density at radius 1 is 1.56 bits per heavy atom. The van der Waals surface area contributed by atoms with Crippen molar-refractivity contribution in [1.29, 1.82) is 0 Å². The average molecular weight is 290 g/mol. The van der Waals surface area contributed by atoms with Crippen LogP contribution in [0.15, 0.2) is 16.3 Å². The van der Waals surface area contributed by atoms with Gasteiger partial charge in [-0.2, -0.15) is 0 Å². The zero-order valence-corrected chi connectivity index (χ0v) is 11.9. The maximum Gasteiger partial charge on any atom is 0.241 e. The van der Waals surface area contributed by atoms with Crippen LogP contribution < -0.4 is 10.5 Å². The third-order valence-electron chi connectivity index (χ3n) is 3.46. The van der Waals surface area contributed by atoms with Gasteiger partial charge in [-0.25, -0.2) is 13.1 Å². The molecule has 0 unspecified atom stereocenters. The Hall–Kier alpha value is -0.470. The van der Waals surface area contributed by atoms with Crippen molar-refractivity contribution in [1.82, 2.24) is 4.72 Å². The van der Waals surface area contributed by atoms with Crippen LogP contribution in [0, 0.1) is 0 Å². The zero-order valence-electron chi connectivity index (χ0n) is 10.3. The number of hydrogen-bond acceptors (Lipinski definition) is 5. The van der Waals surface area contributed by atoms with Gasteiger partial charge in [0.1, 0.15) is 0 Å². The van der Waals surface area contributed by atoms with Crippen LogP contribution in [0.1, 0.15) is 24.1 Å². The second-order valence-electron chi connectivity index (χ2n) is 4.48. The van der Waals surface area contributed by atoms with E-state index in [-0.39, 0.29) is 12.1 Å². The van der Waals surface area contributed by atoms with E-state index in [1.807, 2.05) is 0 Å². The summed E-state index contributed by atoms with van der Waals surface area (Å²) in [5.74, 6) is 0. The van der Waals surface area contributed by atoms with E-state index < -0.39 is 10.0 Å². The summed E-state index contributed by atoms with van der Waals surface area (Å²) in [7, 11) is -1.85. The van der Waals surface area contributed by atoms with Gasteiger partial charge in [0.2, 0.25) is 10.0 Å². The maximum atomic E-state index is 12.2. The molecule has 102 valence electrons. The van der Waals surface area contributed by atoms with E-state index in [4.69, 9.17) is 10.5 Å². The molecule has 1 aromatic rings. The number of methoxy groups -OCH3 is 1. The highest BCUT2D eigenvalue weighted by Crippen LogP contribution is 2.34. The summed E-state index contributed by atoms with van der Waals surface area (Å²) >= 11 is 1.36. The number of nitrogens with one attached hydrogen (secondary N) is 1. The third-order valence-corrected chi connectivity index (χ3v) is 6.02. The molecule has 1 aromatic heterocycles. The molecule has 1 fully saturated rings. The van der Waals surface area contributed by atoms with Crippen LogP contribution in [-0.2, 0) is 21.3 Å². The maximum absolute atomic E-state index is 12.2. The molecule has 1 aliphatic carbocycles. The van der Waals surface area contributed by atoms with Crippen LogP contribution in [0.25, 0.3) is 0 Å². The van der Waals surface area contributed by atoms with Crippen LogP contribution in [-0.4, -0.2) is 27.7 Å². The van der Waals surface area contributed by atoms with Crippen molar-refractivity contribution in [2.24, 2.45) is 5.73 Å². The highest BCUT2D eigenvalue weighted by molar-refractivity contribution is 7.89. The third kappa shape index (κ3) is 2.60. The molecule has 3 N–H and O–H groups in total. The predicted molar refractivity (Wildman–Crippen MR) is 71.0 cm³/mol. The van der Waals surface area contributed by atoms with Crippen LogP contribution >= 0.6 is 11.3 Å². The van der Waals surface area contributed by atoms with Crippen LogP contribution in [0.4, 0.5) is 0 Å². The summed E-state index contributed by atoms with van der Waals surface area (Å²) in [6, 6.07) is 1.59. The summed E-state index contributed by atoms with van der Waals surface area (Å²) in [5.41, 5.74) is 5.22. The topological polar surface area (TPSA) is 81.4 Å². The lowest BCUT2D eigenvalue weighted by atomic mass is 9.80. The van der Waals surface area contributed by atoms with E-state index in [9.17, 15) is 8.42 Å². The van der Waals surface area contributed by atoms with E-state index in [1.54, 1.807) is 18.6 Å². The largest absolute Gasteiger partial charge is 0.377 e. The highest BCUT2D eigenvalue weighted by atomic mass is 32.2. The van der Waals surface area contributed by atoms with E-state index in [0.29, 0.717) is 16.3 Å². The Morgan fingerprint density at radius 2 is 2.28 bits per heavy atom. The lowest BCUT2D eigenvalue weighted by molar-refractivity contribution is -0.0659. The quantitative estimate of drug-likeness (QED) is 0.820. The Labute approximate surface area is 111 Å². The van der Waals surface area contributed by atoms with Crippen LogP contribution in [0.2, 0.25) is 0 Å². The van der Waals surface area contributed by atoms with Crippen molar-refractivity contribution >= 4 is 21.4 Å². The van der Waals surface area contributed by atoms with Gasteiger partial charge in [0.15, 0.2) is 0 Å². The number of ether oxygens (including phenoxy) is 1. The lowest BCUT2D eigenvalue weighted by Crippen LogP contribution is -2.49. The molecule has 0 spiro atoms. The SMILES string of the molecule is COC1(CNS(=O)(=O)c2ccsc2CN)CCC1. The van der Waals surface area contributed by atoms with Crippen molar-refractivity contribution in [3.8, 4) is 0 Å². The molecule has 0 bridgehead atoms. The Kier molecular flexibility index (Phi) is 4.08. The van der Waals surface area contributed by atoms with Gasteiger partial charge >= 0.3 is 0 Å². The minimum Gasteiger partial charge on any atom is -0.377 e. The van der Waals surface area contributed by atoms with Crippen LogP contribution in [0.5, 0.6) is 0 Å². The van der Waals surface area contributed by atoms with E-state index >= 15 is 0 Å². The molecule has 1 aliphatic rings. The zero-order chi connectivity index (χ0) is 13.2. The molecule has 1 heterocycles. The van der Waals surface area contributed by atoms with Gasteiger partial charge in [-0.05, 0) is 30.7 Å². The van der Waals surface area contributed by atoms with Crippen molar-refractivity contribution < 1.29 is 13.2 Å². The molecule has 0 radical (unpaired) electrons. The van der Waals surface area contributed by atoms with Gasteiger partial charge in [0.05, 0.1) is 10.5 Å². The summed E-state index contributed by atoms with van der Waals surface area (Å²) in [6.45, 7) is 0.565. The smallest absolute Gasteiger partial charge is 0.241 e. The Bertz CT molecular complexity index is 501. The van der Waals surface area contributed by atoms with Gasteiger partial charge in [-0.3, -0.25) is 0 Å².